The lowest BCUT2D eigenvalue weighted by Gasteiger charge is -2.72. The van der Waals surface area contributed by atoms with Gasteiger partial charge in [-0.25, -0.2) is 0 Å². The van der Waals surface area contributed by atoms with E-state index >= 15 is 0 Å². The lowest BCUT2D eigenvalue weighted by molar-refractivity contribution is -0.317. The van der Waals surface area contributed by atoms with E-state index in [1.807, 2.05) is 27.0 Å². The molecule has 0 aromatic rings. The van der Waals surface area contributed by atoms with Gasteiger partial charge in [-0.15, -0.1) is 0 Å². The summed E-state index contributed by atoms with van der Waals surface area (Å²) in [6.07, 6.45) is 2.15. The van der Waals surface area contributed by atoms with Gasteiger partial charge in [-0.2, -0.15) is 0 Å². The maximum absolute atomic E-state index is 14.5. The molecule has 7 nitrogen and oxygen atoms in total. The van der Waals surface area contributed by atoms with E-state index in [4.69, 9.17) is 14.5 Å². The van der Waals surface area contributed by atoms with E-state index in [1.165, 1.54) is 6.92 Å². The Morgan fingerprint density at radius 3 is 2.56 bits per heavy atom. The lowest BCUT2D eigenvalue weighted by atomic mass is 9.34. The van der Waals surface area contributed by atoms with E-state index in [0.29, 0.717) is 38.0 Å². The SMILES string of the molecule is CC(=O)O/C1=C2\C(C)CCC(O)(C3CN=CC34C3(C)COC3CC(O)C4(C)C1=O)C2(C)C. The van der Waals surface area contributed by atoms with E-state index in [-0.39, 0.29) is 29.5 Å². The van der Waals surface area contributed by atoms with Crippen molar-refractivity contribution in [3.63, 3.8) is 0 Å². The van der Waals surface area contributed by atoms with Gasteiger partial charge < -0.3 is 19.7 Å². The number of fused-ring (bicyclic) bond motifs is 4. The highest BCUT2D eigenvalue weighted by atomic mass is 16.5. The molecule has 0 amide bonds. The number of carbonyl (C=O) groups excluding carboxylic acids is 2. The minimum Gasteiger partial charge on any atom is -0.423 e. The number of ketones is 1. The highest BCUT2D eigenvalue weighted by molar-refractivity contribution is 6.04. The monoisotopic (exact) mass is 445 g/mol. The predicted octanol–water partition coefficient (Wildman–Crippen LogP) is 2.44. The molecule has 176 valence electrons. The molecule has 5 rings (SSSR count). The predicted molar refractivity (Wildman–Crippen MR) is 117 cm³/mol. The minimum atomic E-state index is -1.32. The van der Waals surface area contributed by atoms with E-state index in [0.717, 1.165) is 0 Å². The number of hydrogen-bond acceptors (Lipinski definition) is 7. The van der Waals surface area contributed by atoms with E-state index in [9.17, 15) is 19.8 Å². The molecule has 32 heavy (non-hydrogen) atoms. The van der Waals surface area contributed by atoms with Gasteiger partial charge in [0.05, 0.1) is 29.8 Å². The average molecular weight is 446 g/mol. The van der Waals surface area contributed by atoms with Crippen molar-refractivity contribution in [3.05, 3.63) is 11.3 Å². The molecule has 2 saturated carbocycles. The van der Waals surface area contributed by atoms with E-state index < -0.39 is 39.3 Å². The average Bonchev–Trinajstić information content (AvgIpc) is 3.16. The molecule has 5 aliphatic rings. The molecular formula is C25H35NO6. The molecule has 3 fully saturated rings. The minimum absolute atomic E-state index is 0.00934. The number of rotatable bonds is 1. The molecule has 8 atom stereocenters. The van der Waals surface area contributed by atoms with Gasteiger partial charge in [0.25, 0.3) is 0 Å². The first kappa shape index (κ1) is 22.2. The number of ether oxygens (including phenoxy) is 2. The molecular weight excluding hydrogens is 410 g/mol. The first-order valence-electron chi connectivity index (χ1n) is 11.8. The summed E-state index contributed by atoms with van der Waals surface area (Å²) < 4.78 is 11.6. The maximum Gasteiger partial charge on any atom is 0.308 e. The highest BCUT2D eigenvalue weighted by Crippen LogP contribution is 2.73. The third-order valence-electron chi connectivity index (χ3n) is 10.3. The molecule has 2 heterocycles. The molecule has 2 bridgehead atoms. The summed E-state index contributed by atoms with van der Waals surface area (Å²) >= 11 is 0. The number of esters is 1. The Bertz CT molecular complexity index is 969. The Labute approximate surface area is 189 Å². The second-order valence-electron chi connectivity index (χ2n) is 11.7. The Hall–Kier alpha value is -1.57. The molecule has 1 spiro atoms. The number of aliphatic hydroxyl groups excluding tert-OH is 1. The molecule has 0 aromatic carbocycles. The van der Waals surface area contributed by atoms with Gasteiger partial charge >= 0.3 is 5.97 Å². The zero-order valence-electron chi connectivity index (χ0n) is 19.9. The Kier molecular flexibility index (Phi) is 4.38. The van der Waals surface area contributed by atoms with Crippen molar-refractivity contribution in [2.75, 3.05) is 13.2 Å². The summed E-state index contributed by atoms with van der Waals surface area (Å²) in [5.74, 6) is -1.34. The van der Waals surface area contributed by atoms with Crippen molar-refractivity contribution in [2.24, 2.45) is 38.5 Å². The van der Waals surface area contributed by atoms with Gasteiger partial charge in [0.1, 0.15) is 0 Å². The largest absolute Gasteiger partial charge is 0.423 e. The first-order valence-corrected chi connectivity index (χ1v) is 11.8. The van der Waals surface area contributed by atoms with Crippen LogP contribution in [0.4, 0.5) is 0 Å². The number of hydrogen-bond donors (Lipinski definition) is 2. The zero-order valence-corrected chi connectivity index (χ0v) is 19.9. The fourth-order valence-corrected chi connectivity index (χ4v) is 8.38. The van der Waals surface area contributed by atoms with Gasteiger partial charge in [0, 0.05) is 48.3 Å². The smallest absolute Gasteiger partial charge is 0.308 e. The molecule has 1 saturated heterocycles. The maximum atomic E-state index is 14.5. The van der Waals surface area contributed by atoms with Crippen LogP contribution in [0, 0.1) is 33.5 Å². The van der Waals surface area contributed by atoms with Crippen molar-refractivity contribution in [3.8, 4) is 0 Å². The van der Waals surface area contributed by atoms with Gasteiger partial charge in [-0.3, -0.25) is 14.6 Å². The molecule has 2 aliphatic heterocycles. The Morgan fingerprint density at radius 1 is 1.28 bits per heavy atom. The quantitative estimate of drug-likeness (QED) is 0.601. The molecule has 0 radical (unpaired) electrons. The summed E-state index contributed by atoms with van der Waals surface area (Å²) in [4.78, 5) is 31.4. The fraction of sp³-hybridized carbons (Fsp3) is 0.800. The number of allylic oxidation sites excluding steroid dienone is 1. The zero-order chi connectivity index (χ0) is 23.5. The van der Waals surface area contributed by atoms with Gasteiger partial charge in [-0.05, 0) is 31.3 Å². The third kappa shape index (κ3) is 2.12. The van der Waals surface area contributed by atoms with Crippen molar-refractivity contribution >= 4 is 18.0 Å². The summed E-state index contributed by atoms with van der Waals surface area (Å²) in [6, 6.07) is 0. The Balaban J connectivity index is 1.90. The summed E-state index contributed by atoms with van der Waals surface area (Å²) in [5.41, 5.74) is -4.06. The Morgan fingerprint density at radius 2 is 1.97 bits per heavy atom. The first-order chi connectivity index (χ1) is 14.8. The number of Topliss-reactive ketones (excluding diaryl/α,β-unsaturated/α-hetero) is 1. The van der Waals surface area contributed by atoms with Crippen LogP contribution in [0.25, 0.3) is 0 Å². The molecule has 0 aromatic heterocycles. The molecule has 7 heteroatoms. The van der Waals surface area contributed by atoms with E-state index in [2.05, 4.69) is 6.92 Å². The second kappa shape index (κ2) is 6.30. The van der Waals surface area contributed by atoms with Gasteiger partial charge in [0.15, 0.2) is 5.76 Å². The van der Waals surface area contributed by atoms with Crippen LogP contribution in [0.5, 0.6) is 0 Å². The van der Waals surface area contributed by atoms with Crippen LogP contribution in [0.15, 0.2) is 16.3 Å². The van der Waals surface area contributed by atoms with Crippen molar-refractivity contribution in [2.45, 2.75) is 78.6 Å². The lowest BCUT2D eigenvalue weighted by Crippen LogP contribution is -2.79. The van der Waals surface area contributed by atoms with Crippen molar-refractivity contribution in [1.29, 1.82) is 0 Å². The highest BCUT2D eigenvalue weighted by Gasteiger charge is 2.80. The van der Waals surface area contributed by atoms with Crippen LogP contribution in [-0.2, 0) is 19.1 Å². The standard InChI is InChI=1S/C25H35NO6/c1-13-7-8-25(30)15-10-26-11-24(15)22(5)12-31-17(22)9-16(28)23(24,6)20(29)19(32-14(2)27)18(13)21(25,3)4/h11,13,15-17,28,30H,7-10,12H2,1-6H3/b19-18+. The van der Waals surface area contributed by atoms with Crippen LogP contribution < -0.4 is 0 Å². The normalized spacial score (nSPS) is 53.3. The van der Waals surface area contributed by atoms with Crippen molar-refractivity contribution in [1.82, 2.24) is 0 Å². The van der Waals surface area contributed by atoms with Crippen LogP contribution in [0.1, 0.15) is 60.8 Å². The second-order valence-corrected chi connectivity index (χ2v) is 11.7. The van der Waals surface area contributed by atoms with Gasteiger partial charge in [0.2, 0.25) is 5.78 Å². The van der Waals surface area contributed by atoms with E-state index in [1.54, 1.807) is 6.92 Å². The van der Waals surface area contributed by atoms with Gasteiger partial charge in [-0.1, -0.05) is 27.7 Å². The summed E-state index contributed by atoms with van der Waals surface area (Å²) in [5, 5.41) is 24.1. The number of aliphatic hydroxyl groups is 2. The van der Waals surface area contributed by atoms with Crippen LogP contribution in [0.2, 0.25) is 0 Å². The topological polar surface area (TPSA) is 105 Å². The van der Waals surface area contributed by atoms with Crippen LogP contribution in [-0.4, -0.2) is 59.1 Å². The molecule has 3 aliphatic carbocycles. The van der Waals surface area contributed by atoms with Crippen molar-refractivity contribution < 1.29 is 29.3 Å². The van der Waals surface area contributed by atoms with Crippen LogP contribution in [0.3, 0.4) is 0 Å². The molecule has 2 N–H and O–H groups in total. The number of carbonyl (C=O) groups is 2. The summed E-state index contributed by atoms with van der Waals surface area (Å²) in [7, 11) is 0. The number of aliphatic imine (C=N–C) groups is 1. The molecule has 8 unspecified atom stereocenters. The summed E-state index contributed by atoms with van der Waals surface area (Å²) in [6.45, 7) is 11.9. The van der Waals surface area contributed by atoms with Crippen LogP contribution >= 0.6 is 0 Å². The number of nitrogens with zero attached hydrogens (tertiary/aromatic N) is 1. The third-order valence-corrected chi connectivity index (χ3v) is 10.3. The fourth-order valence-electron chi connectivity index (χ4n) is 8.38.